The maximum absolute atomic E-state index is 12.8. The Morgan fingerprint density at radius 2 is 1.76 bits per heavy atom. The van der Waals surface area contributed by atoms with E-state index < -0.39 is 15.9 Å². The van der Waals surface area contributed by atoms with Gasteiger partial charge >= 0.3 is 10.1 Å². The molecule has 0 bridgehead atoms. The zero-order valence-electron chi connectivity index (χ0n) is 11.3. The second kappa shape index (κ2) is 5.91. The molecule has 0 saturated carbocycles. The van der Waals surface area contributed by atoms with Crippen molar-refractivity contribution in [3.63, 3.8) is 0 Å². The Balaban J connectivity index is 2.44. The second-order valence-corrected chi connectivity index (χ2v) is 6.17. The lowest BCUT2D eigenvalue weighted by molar-refractivity contribution is 0.398. The van der Waals surface area contributed by atoms with Gasteiger partial charge in [0, 0.05) is 5.02 Å². The third kappa shape index (κ3) is 3.46. The van der Waals surface area contributed by atoms with E-state index in [0.717, 1.165) is 12.1 Å². The lowest BCUT2D eigenvalue weighted by atomic mass is 10.2. The number of aryl methyl sites for hydroxylation is 1. The number of hydrogen-bond acceptors (Lipinski definition) is 4. The molecule has 21 heavy (non-hydrogen) atoms. The van der Waals surface area contributed by atoms with E-state index in [9.17, 15) is 12.8 Å². The van der Waals surface area contributed by atoms with Crippen molar-refractivity contribution >= 4 is 21.7 Å². The molecule has 0 saturated heterocycles. The van der Waals surface area contributed by atoms with Gasteiger partial charge in [-0.3, -0.25) is 0 Å². The number of hydrogen-bond donors (Lipinski definition) is 0. The monoisotopic (exact) mass is 330 g/mol. The van der Waals surface area contributed by atoms with Crippen molar-refractivity contribution in [2.24, 2.45) is 0 Å². The summed E-state index contributed by atoms with van der Waals surface area (Å²) in [4.78, 5) is -0.190. The summed E-state index contributed by atoms with van der Waals surface area (Å²) < 4.78 is 47.4. The molecule has 112 valence electrons. The molecule has 0 fully saturated rings. The van der Waals surface area contributed by atoms with Gasteiger partial charge in [0.2, 0.25) is 0 Å². The summed E-state index contributed by atoms with van der Waals surface area (Å²) in [7, 11) is -2.79. The normalized spacial score (nSPS) is 11.2. The van der Waals surface area contributed by atoms with E-state index in [-0.39, 0.29) is 21.4 Å². The SMILES string of the molecule is COc1cc(C)c(Cl)cc1S(=O)(=O)Oc1ccc(F)cc1. The maximum Gasteiger partial charge on any atom is 0.342 e. The van der Waals surface area contributed by atoms with Crippen LogP contribution < -0.4 is 8.92 Å². The summed E-state index contributed by atoms with van der Waals surface area (Å²) in [5, 5.41) is 0.275. The largest absolute Gasteiger partial charge is 0.495 e. The minimum atomic E-state index is -4.14. The summed E-state index contributed by atoms with van der Waals surface area (Å²) in [6, 6.07) is 7.40. The molecule has 7 heteroatoms. The minimum absolute atomic E-state index is 0.00449. The van der Waals surface area contributed by atoms with Crippen molar-refractivity contribution in [2.75, 3.05) is 7.11 Å². The van der Waals surface area contributed by atoms with E-state index in [1.165, 1.54) is 31.4 Å². The highest BCUT2D eigenvalue weighted by molar-refractivity contribution is 7.87. The van der Waals surface area contributed by atoms with E-state index >= 15 is 0 Å². The van der Waals surface area contributed by atoms with Gasteiger partial charge in [-0.25, -0.2) is 4.39 Å². The van der Waals surface area contributed by atoms with Gasteiger partial charge in [-0.1, -0.05) is 11.6 Å². The first-order chi connectivity index (χ1) is 9.83. The van der Waals surface area contributed by atoms with Crippen molar-refractivity contribution in [3.8, 4) is 11.5 Å². The van der Waals surface area contributed by atoms with Gasteiger partial charge in [0.05, 0.1) is 7.11 Å². The number of ether oxygens (including phenoxy) is 1. The minimum Gasteiger partial charge on any atom is -0.495 e. The molecule has 0 aliphatic rings. The number of halogens is 2. The van der Waals surface area contributed by atoms with E-state index in [4.69, 9.17) is 20.5 Å². The molecule has 0 unspecified atom stereocenters. The molecule has 2 aromatic carbocycles. The first-order valence-corrected chi connectivity index (χ1v) is 7.66. The summed E-state index contributed by atoms with van der Waals surface area (Å²) in [6.45, 7) is 1.72. The zero-order chi connectivity index (χ0) is 15.6. The summed E-state index contributed by atoms with van der Waals surface area (Å²) >= 11 is 5.95. The average Bonchev–Trinajstić information content (AvgIpc) is 2.43. The van der Waals surface area contributed by atoms with E-state index in [0.29, 0.717) is 5.56 Å². The third-order valence-corrected chi connectivity index (χ3v) is 4.41. The number of benzene rings is 2. The van der Waals surface area contributed by atoms with Gasteiger partial charge < -0.3 is 8.92 Å². The van der Waals surface area contributed by atoms with Crippen LogP contribution in [-0.2, 0) is 10.1 Å². The summed E-state index contributed by atoms with van der Waals surface area (Å²) in [5.74, 6) is -0.370. The smallest absolute Gasteiger partial charge is 0.342 e. The fraction of sp³-hybridized carbons (Fsp3) is 0.143. The first kappa shape index (κ1) is 15.6. The molecule has 2 rings (SSSR count). The fourth-order valence-corrected chi connectivity index (χ4v) is 2.99. The Kier molecular flexibility index (Phi) is 4.39. The lowest BCUT2D eigenvalue weighted by Crippen LogP contribution is -2.11. The van der Waals surface area contributed by atoms with Crippen molar-refractivity contribution in [1.29, 1.82) is 0 Å². The quantitative estimate of drug-likeness (QED) is 0.804. The van der Waals surface area contributed by atoms with Gasteiger partial charge in [-0.05, 0) is 48.9 Å². The van der Waals surface area contributed by atoms with Crippen LogP contribution in [0.15, 0.2) is 41.3 Å². The first-order valence-electron chi connectivity index (χ1n) is 5.87. The van der Waals surface area contributed by atoms with Gasteiger partial charge in [-0.15, -0.1) is 0 Å². The third-order valence-electron chi connectivity index (χ3n) is 2.73. The van der Waals surface area contributed by atoms with Gasteiger partial charge in [0.15, 0.2) is 0 Å². The Bertz CT molecular complexity index is 757. The van der Waals surface area contributed by atoms with Crippen molar-refractivity contribution in [3.05, 3.63) is 52.8 Å². The predicted octanol–water partition coefficient (Wildman–Crippen LogP) is 3.56. The van der Waals surface area contributed by atoms with Crippen LogP contribution in [0.1, 0.15) is 5.56 Å². The molecule has 0 aliphatic heterocycles. The Labute approximate surface area is 127 Å². The van der Waals surface area contributed by atoms with Crippen LogP contribution in [0.3, 0.4) is 0 Å². The highest BCUT2D eigenvalue weighted by Gasteiger charge is 2.23. The van der Waals surface area contributed by atoms with E-state index in [1.807, 2.05) is 0 Å². The molecule has 0 aliphatic carbocycles. The van der Waals surface area contributed by atoms with E-state index in [1.54, 1.807) is 6.92 Å². The molecule has 0 aromatic heterocycles. The second-order valence-electron chi connectivity index (χ2n) is 4.24. The summed E-state index contributed by atoms with van der Waals surface area (Å²) in [6.07, 6.45) is 0. The average molecular weight is 331 g/mol. The standard InChI is InChI=1S/C14H12ClFO4S/c1-9-7-13(19-2)14(8-12(9)15)21(17,18)20-11-5-3-10(16)4-6-11/h3-8H,1-2H3. The number of methoxy groups -OCH3 is 1. The van der Waals surface area contributed by atoms with Gasteiger partial charge in [0.25, 0.3) is 0 Å². The van der Waals surface area contributed by atoms with Crippen molar-refractivity contribution in [2.45, 2.75) is 11.8 Å². The number of rotatable bonds is 4. The molecule has 4 nitrogen and oxygen atoms in total. The van der Waals surface area contributed by atoms with Crippen LogP contribution in [0, 0.1) is 12.7 Å². The van der Waals surface area contributed by atoms with Crippen LogP contribution in [0.4, 0.5) is 4.39 Å². The Morgan fingerprint density at radius 1 is 1.14 bits per heavy atom. The van der Waals surface area contributed by atoms with Crippen LogP contribution in [-0.4, -0.2) is 15.5 Å². The highest BCUT2D eigenvalue weighted by atomic mass is 35.5. The molecule has 0 atom stereocenters. The van der Waals surface area contributed by atoms with Crippen LogP contribution in [0.25, 0.3) is 0 Å². The molecule has 0 heterocycles. The van der Waals surface area contributed by atoms with Crippen molar-refractivity contribution in [1.82, 2.24) is 0 Å². The van der Waals surface area contributed by atoms with Crippen LogP contribution in [0.2, 0.25) is 5.02 Å². The molecule has 0 N–H and O–H groups in total. The Hall–Kier alpha value is -1.79. The van der Waals surface area contributed by atoms with Gasteiger partial charge in [-0.2, -0.15) is 8.42 Å². The van der Waals surface area contributed by atoms with Gasteiger partial charge in [0.1, 0.15) is 22.2 Å². The molecular weight excluding hydrogens is 319 g/mol. The topological polar surface area (TPSA) is 52.6 Å². The zero-order valence-corrected chi connectivity index (χ0v) is 12.8. The molecule has 0 amide bonds. The molecule has 2 aromatic rings. The molecular formula is C14H12ClFO4S. The van der Waals surface area contributed by atoms with E-state index in [2.05, 4.69) is 0 Å². The predicted molar refractivity (Wildman–Crippen MR) is 77.0 cm³/mol. The van der Waals surface area contributed by atoms with Crippen molar-refractivity contribution < 1.29 is 21.7 Å². The molecule has 0 spiro atoms. The Morgan fingerprint density at radius 3 is 2.33 bits per heavy atom. The fourth-order valence-electron chi connectivity index (χ4n) is 1.65. The van der Waals surface area contributed by atoms with Crippen LogP contribution in [0.5, 0.6) is 11.5 Å². The summed E-state index contributed by atoms with van der Waals surface area (Å²) in [5.41, 5.74) is 0.675. The lowest BCUT2D eigenvalue weighted by Gasteiger charge is -2.12. The van der Waals surface area contributed by atoms with Crippen LogP contribution >= 0.6 is 11.6 Å². The molecule has 0 radical (unpaired) electrons. The maximum atomic E-state index is 12.8. The highest BCUT2D eigenvalue weighted by Crippen LogP contribution is 2.31.